The molecule has 1 aliphatic heterocycles. The van der Waals surface area contributed by atoms with Crippen LogP contribution >= 0.6 is 22.7 Å². The highest BCUT2D eigenvalue weighted by atomic mass is 32.2. The largest absolute Gasteiger partial charge is 0.490 e. The number of amides is 1. The van der Waals surface area contributed by atoms with Gasteiger partial charge in [0.05, 0.1) is 23.5 Å². The van der Waals surface area contributed by atoms with Gasteiger partial charge in [0.2, 0.25) is 0 Å². The number of aromatic amines is 1. The van der Waals surface area contributed by atoms with Crippen LogP contribution in [-0.4, -0.2) is 96.0 Å². The number of halogens is 3. The Bertz CT molecular complexity index is 1730. The number of rotatable bonds is 10. The molecule has 1 fully saturated rings. The Balaban J connectivity index is 0.000000591. The number of H-pyrrole nitrogens is 1. The SMILES string of the molecule is CCOCCc1ccsc1S(=O)(=O)Nc1cccc2cc(-c3ncc(CN4CCN(C(=O)O)CC4)s3)[nH]c12.O=C(O)C(F)(F)F. The predicted molar refractivity (Wildman–Crippen MR) is 163 cm³/mol. The van der Waals surface area contributed by atoms with Crippen LogP contribution in [0.2, 0.25) is 0 Å². The number of carboxylic acid groups (broad SMARTS) is 2. The normalized spacial score (nSPS) is 14.3. The van der Waals surface area contributed by atoms with Crippen molar-refractivity contribution < 1.29 is 46.1 Å². The Kier molecular flexibility index (Phi) is 11.1. The summed E-state index contributed by atoms with van der Waals surface area (Å²) in [6.07, 6.45) is -3.58. The molecule has 1 aliphatic rings. The fourth-order valence-electron chi connectivity index (χ4n) is 4.44. The molecule has 4 aromatic rings. The lowest BCUT2D eigenvalue weighted by atomic mass is 10.2. The molecule has 4 N–H and O–H groups in total. The molecule has 3 aromatic heterocycles. The summed E-state index contributed by atoms with van der Waals surface area (Å²) in [6, 6.07) is 9.31. The van der Waals surface area contributed by atoms with Gasteiger partial charge in [-0.1, -0.05) is 12.1 Å². The Morgan fingerprint density at radius 3 is 2.51 bits per heavy atom. The van der Waals surface area contributed by atoms with Gasteiger partial charge in [-0.3, -0.25) is 9.62 Å². The highest BCUT2D eigenvalue weighted by Gasteiger charge is 2.38. The van der Waals surface area contributed by atoms with Crippen molar-refractivity contribution in [2.24, 2.45) is 0 Å². The molecule has 1 amide bonds. The number of nitrogens with zero attached hydrogens (tertiary/aromatic N) is 3. The van der Waals surface area contributed by atoms with Crippen LogP contribution in [0.15, 0.2) is 46.1 Å². The minimum atomic E-state index is -5.08. The van der Waals surface area contributed by atoms with Gasteiger partial charge in [0.1, 0.15) is 9.22 Å². The average Bonchev–Trinajstić information content (AvgIpc) is 3.74. The number of fused-ring (bicyclic) bond motifs is 1. The van der Waals surface area contributed by atoms with E-state index in [1.165, 1.54) is 16.2 Å². The number of nitrogens with one attached hydrogen (secondary N) is 2. The first-order valence-corrected chi connectivity index (χ1v) is 16.7. The van der Waals surface area contributed by atoms with Crippen LogP contribution < -0.4 is 4.72 Å². The minimum Gasteiger partial charge on any atom is -0.475 e. The first-order valence-electron chi connectivity index (χ1n) is 13.5. The molecule has 45 heavy (non-hydrogen) atoms. The van der Waals surface area contributed by atoms with Crippen LogP contribution in [0.1, 0.15) is 17.4 Å². The van der Waals surface area contributed by atoms with Crippen molar-refractivity contribution in [1.82, 2.24) is 19.8 Å². The summed E-state index contributed by atoms with van der Waals surface area (Å²) in [7, 11) is -3.77. The highest BCUT2D eigenvalue weighted by molar-refractivity contribution is 7.94. The molecule has 1 aromatic carbocycles. The zero-order valence-corrected chi connectivity index (χ0v) is 26.3. The number of piperazine rings is 1. The van der Waals surface area contributed by atoms with E-state index >= 15 is 0 Å². The summed E-state index contributed by atoms with van der Waals surface area (Å²) in [5.74, 6) is -2.76. The van der Waals surface area contributed by atoms with Gasteiger partial charge in [0, 0.05) is 55.8 Å². The van der Waals surface area contributed by atoms with Gasteiger partial charge in [-0.05, 0) is 42.5 Å². The summed E-state index contributed by atoms with van der Waals surface area (Å²) in [4.78, 5) is 32.7. The molecule has 0 radical (unpaired) electrons. The van der Waals surface area contributed by atoms with Gasteiger partial charge in [0.25, 0.3) is 10.0 Å². The molecule has 0 saturated carbocycles. The van der Waals surface area contributed by atoms with E-state index in [4.69, 9.17) is 19.7 Å². The third-order valence-corrected chi connectivity index (χ3v) is 10.6. The monoisotopic (exact) mass is 689 g/mol. The third kappa shape index (κ3) is 8.94. The summed E-state index contributed by atoms with van der Waals surface area (Å²) >= 11 is 2.77. The van der Waals surface area contributed by atoms with E-state index in [-0.39, 0.29) is 0 Å². The van der Waals surface area contributed by atoms with Crippen molar-refractivity contribution in [3.8, 4) is 10.7 Å². The lowest BCUT2D eigenvalue weighted by Gasteiger charge is -2.32. The van der Waals surface area contributed by atoms with Gasteiger partial charge in [-0.25, -0.2) is 23.0 Å². The van der Waals surface area contributed by atoms with Crippen LogP contribution in [0.5, 0.6) is 0 Å². The number of aromatic nitrogens is 2. The Hall–Kier alpha value is -3.71. The number of thiazole rings is 1. The maximum Gasteiger partial charge on any atom is 0.490 e. The molecule has 0 atom stereocenters. The number of thiophene rings is 1. The average molecular weight is 690 g/mol. The van der Waals surface area contributed by atoms with Crippen molar-refractivity contribution in [3.63, 3.8) is 0 Å². The number of ether oxygens (including phenoxy) is 1. The molecule has 18 heteroatoms. The van der Waals surface area contributed by atoms with Crippen LogP contribution in [0, 0.1) is 0 Å². The Labute approximate surface area is 264 Å². The number of anilines is 1. The number of carbonyl (C=O) groups is 2. The smallest absolute Gasteiger partial charge is 0.475 e. The molecule has 5 rings (SSSR count). The van der Waals surface area contributed by atoms with E-state index in [1.807, 2.05) is 37.4 Å². The first-order chi connectivity index (χ1) is 21.3. The molecule has 4 heterocycles. The van der Waals surface area contributed by atoms with E-state index in [1.54, 1.807) is 22.8 Å². The second-order valence-electron chi connectivity index (χ2n) is 9.72. The number of hydrogen-bond acceptors (Lipinski definition) is 9. The summed E-state index contributed by atoms with van der Waals surface area (Å²) < 4.78 is 66.8. The van der Waals surface area contributed by atoms with Crippen LogP contribution in [0.3, 0.4) is 0 Å². The lowest BCUT2D eigenvalue weighted by Crippen LogP contribution is -2.47. The Morgan fingerprint density at radius 1 is 1.16 bits per heavy atom. The number of benzene rings is 1. The molecule has 0 aliphatic carbocycles. The zero-order chi connectivity index (χ0) is 32.8. The van der Waals surface area contributed by atoms with Gasteiger partial charge >= 0.3 is 18.2 Å². The summed E-state index contributed by atoms with van der Waals surface area (Å²) in [5, 5.41) is 19.7. The number of para-hydroxylation sites is 1. The standard InChI is InChI=1S/C25H29N5O5S3.C2HF3O2/c1-2-35-12-6-17-7-13-36-24(17)38(33,34)28-20-5-3-4-18-14-21(27-22(18)20)23-26-15-19(37-23)16-29-8-10-30(11-9-29)25(31)32;3-2(4,5)1(6)7/h3-5,7,13-15,27-28H,2,6,8-12,16H2,1H3,(H,31,32);(H,6,7). The molecule has 12 nitrogen and oxygen atoms in total. The summed E-state index contributed by atoms with van der Waals surface area (Å²) in [6.45, 7) is 6.06. The topological polar surface area (TPSA) is 165 Å². The maximum absolute atomic E-state index is 13.3. The number of alkyl halides is 3. The van der Waals surface area contributed by atoms with E-state index in [0.29, 0.717) is 67.8 Å². The maximum atomic E-state index is 13.3. The lowest BCUT2D eigenvalue weighted by molar-refractivity contribution is -0.192. The van der Waals surface area contributed by atoms with Gasteiger partial charge in [-0.15, -0.1) is 22.7 Å². The molecule has 244 valence electrons. The van der Waals surface area contributed by atoms with E-state index in [2.05, 4.69) is 19.6 Å². The van der Waals surface area contributed by atoms with E-state index in [0.717, 1.165) is 26.5 Å². The molecule has 0 spiro atoms. The van der Waals surface area contributed by atoms with Crippen molar-refractivity contribution in [3.05, 3.63) is 52.3 Å². The van der Waals surface area contributed by atoms with Crippen LogP contribution in [-0.2, 0) is 32.5 Å². The van der Waals surface area contributed by atoms with Crippen molar-refractivity contribution in [2.45, 2.75) is 30.3 Å². The molecular formula is C27H30F3N5O7S3. The molecular weight excluding hydrogens is 660 g/mol. The van der Waals surface area contributed by atoms with Gasteiger partial charge in [-0.2, -0.15) is 13.2 Å². The fourth-order valence-corrected chi connectivity index (χ4v) is 7.91. The quantitative estimate of drug-likeness (QED) is 0.165. The number of sulfonamides is 1. The second-order valence-corrected chi connectivity index (χ2v) is 13.6. The van der Waals surface area contributed by atoms with Crippen molar-refractivity contribution >= 4 is 61.3 Å². The highest BCUT2D eigenvalue weighted by Crippen LogP contribution is 2.33. The number of aliphatic carboxylic acids is 1. The Morgan fingerprint density at radius 2 is 1.87 bits per heavy atom. The minimum absolute atomic E-state index is 0.301. The van der Waals surface area contributed by atoms with Gasteiger partial charge in [0.15, 0.2) is 0 Å². The van der Waals surface area contributed by atoms with Crippen molar-refractivity contribution in [2.75, 3.05) is 44.1 Å². The third-order valence-electron chi connectivity index (χ3n) is 6.62. The van der Waals surface area contributed by atoms with E-state index in [9.17, 15) is 26.4 Å². The van der Waals surface area contributed by atoms with Gasteiger partial charge < -0.3 is 24.8 Å². The number of hydrogen-bond donors (Lipinski definition) is 4. The predicted octanol–water partition coefficient (Wildman–Crippen LogP) is 5.16. The van der Waals surface area contributed by atoms with Crippen LogP contribution in [0.25, 0.3) is 21.6 Å². The second kappa shape index (κ2) is 14.6. The molecule has 0 unspecified atom stereocenters. The molecule has 1 saturated heterocycles. The first kappa shape index (κ1) is 34.2. The number of carboxylic acids is 1. The fraction of sp³-hybridized carbons (Fsp3) is 0.370. The zero-order valence-electron chi connectivity index (χ0n) is 23.8. The van der Waals surface area contributed by atoms with Crippen LogP contribution in [0.4, 0.5) is 23.7 Å². The van der Waals surface area contributed by atoms with Crippen molar-refractivity contribution in [1.29, 1.82) is 0 Å². The molecule has 0 bridgehead atoms. The summed E-state index contributed by atoms with van der Waals surface area (Å²) in [5.41, 5.74) is 2.73. The van der Waals surface area contributed by atoms with E-state index < -0.39 is 28.3 Å².